The van der Waals surface area contributed by atoms with Gasteiger partial charge in [0, 0.05) is 5.56 Å². The normalized spacial score (nSPS) is 13.1. The molecule has 24 heavy (non-hydrogen) atoms. The molecule has 2 aromatic rings. The Balaban J connectivity index is 2.05. The molecule has 1 amide bonds. The van der Waals surface area contributed by atoms with Crippen LogP contribution in [-0.4, -0.2) is 26.1 Å². The number of benzene rings is 2. The molecule has 0 aliphatic carbocycles. The lowest BCUT2D eigenvalue weighted by molar-refractivity contribution is -0.908. The zero-order chi connectivity index (χ0) is 17.5. The van der Waals surface area contributed by atoms with E-state index in [-0.39, 0.29) is 11.9 Å². The molecule has 0 aromatic heterocycles. The topological polar surface area (TPSA) is 66.0 Å². The van der Waals surface area contributed by atoms with E-state index in [4.69, 9.17) is 15.2 Å². The third-order valence-electron chi connectivity index (χ3n) is 4.11. The molecule has 0 saturated heterocycles. The van der Waals surface area contributed by atoms with Gasteiger partial charge in [0.05, 0.1) is 14.2 Å². The maximum Gasteiger partial charge on any atom is 0.275 e. The minimum atomic E-state index is -0.303. The lowest BCUT2D eigenvalue weighted by Gasteiger charge is -2.19. The maximum absolute atomic E-state index is 11.3. The summed E-state index contributed by atoms with van der Waals surface area (Å²) in [7, 11) is 3.57. The molecule has 0 fully saturated rings. The predicted octanol–water partition coefficient (Wildman–Crippen LogP) is 1.16. The van der Waals surface area contributed by atoms with E-state index in [1.165, 1.54) is 0 Å². The van der Waals surface area contributed by atoms with E-state index >= 15 is 0 Å². The summed E-state index contributed by atoms with van der Waals surface area (Å²) >= 11 is 0. The largest absolute Gasteiger partial charge is 0.493 e. The number of hydrogen-bond acceptors (Lipinski definition) is 3. The van der Waals surface area contributed by atoms with Crippen LogP contribution in [0.2, 0.25) is 0 Å². The van der Waals surface area contributed by atoms with Crippen LogP contribution in [0.4, 0.5) is 0 Å². The van der Waals surface area contributed by atoms with Crippen LogP contribution >= 0.6 is 0 Å². The zero-order valence-corrected chi connectivity index (χ0v) is 14.4. The van der Waals surface area contributed by atoms with E-state index in [1.54, 1.807) is 7.11 Å². The van der Waals surface area contributed by atoms with Gasteiger partial charge in [-0.05, 0) is 30.7 Å². The van der Waals surface area contributed by atoms with Crippen molar-refractivity contribution < 1.29 is 19.2 Å². The van der Waals surface area contributed by atoms with Crippen molar-refractivity contribution in [2.45, 2.75) is 26.1 Å². The molecule has 0 radical (unpaired) electrons. The van der Waals surface area contributed by atoms with E-state index in [0.717, 1.165) is 16.0 Å². The number of carbonyl (C=O) groups excluding carboxylic acids is 1. The first-order valence-corrected chi connectivity index (χ1v) is 7.96. The first kappa shape index (κ1) is 17.8. The Kier molecular flexibility index (Phi) is 6.21. The van der Waals surface area contributed by atoms with E-state index in [2.05, 4.69) is 0 Å². The second kappa shape index (κ2) is 8.36. The number of carbonyl (C=O) groups is 1. The minimum absolute atomic E-state index is 0.245. The molecular formula is C19H25N2O3+. The Morgan fingerprint density at radius 3 is 2.46 bits per heavy atom. The maximum atomic E-state index is 11.3. The van der Waals surface area contributed by atoms with E-state index in [9.17, 15) is 4.79 Å². The number of quaternary nitrogens is 1. The van der Waals surface area contributed by atoms with E-state index < -0.39 is 0 Å². The van der Waals surface area contributed by atoms with Crippen molar-refractivity contribution >= 4 is 5.91 Å². The van der Waals surface area contributed by atoms with Gasteiger partial charge in [-0.3, -0.25) is 4.79 Å². The first-order valence-electron chi connectivity index (χ1n) is 7.96. The van der Waals surface area contributed by atoms with Gasteiger partial charge in [0.25, 0.3) is 5.91 Å². The Morgan fingerprint density at radius 2 is 1.83 bits per heavy atom. The molecule has 2 rings (SSSR count). The highest BCUT2D eigenvalue weighted by Crippen LogP contribution is 2.28. The quantitative estimate of drug-likeness (QED) is 0.764. The van der Waals surface area contributed by atoms with Crippen LogP contribution in [0.15, 0.2) is 48.5 Å². The third kappa shape index (κ3) is 4.73. The van der Waals surface area contributed by atoms with Gasteiger partial charge in [0.15, 0.2) is 17.5 Å². The number of likely N-dealkylation sites (N-methyl/N-ethyl adjacent to an activating group) is 1. The Bertz CT molecular complexity index is 674. The number of methoxy groups -OCH3 is 1. The highest BCUT2D eigenvalue weighted by Gasteiger charge is 2.19. The summed E-state index contributed by atoms with van der Waals surface area (Å²) in [6.07, 6.45) is 0. The third-order valence-corrected chi connectivity index (χ3v) is 4.11. The van der Waals surface area contributed by atoms with Crippen LogP contribution in [0, 0.1) is 0 Å². The Morgan fingerprint density at radius 1 is 1.12 bits per heavy atom. The van der Waals surface area contributed by atoms with Gasteiger partial charge < -0.3 is 20.1 Å². The van der Waals surface area contributed by atoms with Crippen molar-refractivity contribution in [3.05, 3.63) is 59.7 Å². The summed E-state index contributed by atoms with van der Waals surface area (Å²) in [5.74, 6) is 1.08. The van der Waals surface area contributed by atoms with Gasteiger partial charge in [-0.25, -0.2) is 0 Å². The molecule has 1 unspecified atom stereocenters. The van der Waals surface area contributed by atoms with Crippen molar-refractivity contribution in [3.8, 4) is 11.5 Å². The van der Waals surface area contributed by atoms with Gasteiger partial charge in [0.2, 0.25) is 0 Å². The number of nitrogens with two attached hydrogens (primary N) is 1. The summed E-state index contributed by atoms with van der Waals surface area (Å²) < 4.78 is 11.3. The molecular weight excluding hydrogens is 304 g/mol. The Hall–Kier alpha value is -2.53. The molecule has 0 aliphatic heterocycles. The smallest absolute Gasteiger partial charge is 0.275 e. The summed E-state index contributed by atoms with van der Waals surface area (Å²) in [5.41, 5.74) is 7.52. The molecule has 0 spiro atoms. The molecule has 3 N–H and O–H groups in total. The molecule has 0 aliphatic rings. The van der Waals surface area contributed by atoms with Crippen LogP contribution in [-0.2, 0) is 17.9 Å². The molecule has 0 heterocycles. The predicted molar refractivity (Wildman–Crippen MR) is 93.0 cm³/mol. The molecule has 0 bridgehead atoms. The van der Waals surface area contributed by atoms with Crippen molar-refractivity contribution in [1.82, 2.24) is 0 Å². The number of rotatable bonds is 8. The number of ether oxygens (including phenoxy) is 2. The highest BCUT2D eigenvalue weighted by atomic mass is 16.5. The van der Waals surface area contributed by atoms with Gasteiger partial charge in [-0.2, -0.15) is 0 Å². The minimum Gasteiger partial charge on any atom is -0.493 e. The fourth-order valence-corrected chi connectivity index (χ4v) is 2.39. The molecule has 0 saturated carbocycles. The fraction of sp³-hybridized carbons (Fsp3) is 0.316. The van der Waals surface area contributed by atoms with Crippen molar-refractivity contribution in [3.63, 3.8) is 0 Å². The number of nitrogens with one attached hydrogen (secondary N) is 1. The Labute approximate surface area is 143 Å². The second-order valence-electron chi connectivity index (χ2n) is 5.91. The van der Waals surface area contributed by atoms with Crippen molar-refractivity contribution in [2.75, 3.05) is 14.2 Å². The average Bonchev–Trinajstić information content (AvgIpc) is 2.60. The van der Waals surface area contributed by atoms with Gasteiger partial charge >= 0.3 is 0 Å². The van der Waals surface area contributed by atoms with E-state index in [1.807, 2.05) is 62.5 Å². The summed E-state index contributed by atoms with van der Waals surface area (Å²) in [5, 5.41) is 0. The summed E-state index contributed by atoms with van der Waals surface area (Å²) in [6, 6.07) is 15.6. The molecule has 128 valence electrons. The molecule has 5 nitrogen and oxygen atoms in total. The standard InChI is InChI=1S/C19H24N2O3/c1-14(19(20)22)21(2)12-16-9-10-17(18(11-16)23-3)24-13-15-7-5-4-6-8-15/h4-11,14H,12-13H2,1-3H3,(H2,20,22)/p+1/t14-/m0/s1. The lowest BCUT2D eigenvalue weighted by atomic mass is 10.1. The van der Waals surface area contributed by atoms with Gasteiger partial charge in [0.1, 0.15) is 13.2 Å². The van der Waals surface area contributed by atoms with Crippen LogP contribution in [0.1, 0.15) is 18.1 Å². The monoisotopic (exact) mass is 329 g/mol. The number of amides is 1. The number of primary amides is 1. The van der Waals surface area contributed by atoms with Gasteiger partial charge in [-0.1, -0.05) is 30.3 Å². The lowest BCUT2D eigenvalue weighted by Crippen LogP contribution is -3.12. The van der Waals surface area contributed by atoms with Crippen LogP contribution in [0.25, 0.3) is 0 Å². The number of hydrogen-bond donors (Lipinski definition) is 2. The van der Waals surface area contributed by atoms with Crippen LogP contribution < -0.4 is 20.1 Å². The van der Waals surface area contributed by atoms with Crippen LogP contribution in [0.3, 0.4) is 0 Å². The van der Waals surface area contributed by atoms with Crippen molar-refractivity contribution in [2.24, 2.45) is 5.73 Å². The highest BCUT2D eigenvalue weighted by molar-refractivity contribution is 5.77. The SMILES string of the molecule is COc1cc(C[NH+](C)[C@@H](C)C(N)=O)ccc1OCc1ccccc1. The van der Waals surface area contributed by atoms with Gasteiger partial charge in [-0.15, -0.1) is 0 Å². The zero-order valence-electron chi connectivity index (χ0n) is 14.4. The first-order chi connectivity index (χ1) is 11.5. The van der Waals surface area contributed by atoms with Crippen molar-refractivity contribution in [1.29, 1.82) is 0 Å². The fourth-order valence-electron chi connectivity index (χ4n) is 2.39. The molecule has 2 aromatic carbocycles. The second-order valence-corrected chi connectivity index (χ2v) is 5.91. The molecule has 5 heteroatoms. The average molecular weight is 329 g/mol. The summed E-state index contributed by atoms with van der Waals surface area (Å²) in [4.78, 5) is 12.3. The summed E-state index contributed by atoms with van der Waals surface area (Å²) in [6.45, 7) is 2.99. The van der Waals surface area contributed by atoms with Crippen LogP contribution in [0.5, 0.6) is 11.5 Å². The molecule has 2 atom stereocenters. The van der Waals surface area contributed by atoms with E-state index in [0.29, 0.717) is 24.7 Å².